The van der Waals surface area contributed by atoms with Crippen LogP contribution in [0.25, 0.3) is 0 Å². The Morgan fingerprint density at radius 1 is 0.911 bits per heavy atom. The highest BCUT2D eigenvalue weighted by Gasteiger charge is 2.29. The van der Waals surface area contributed by atoms with E-state index in [1.165, 1.54) is 0 Å². The molecule has 15 N–H and O–H groups in total. The second kappa shape index (κ2) is 21.9. The van der Waals surface area contributed by atoms with Crippen LogP contribution in [0.3, 0.4) is 0 Å². The van der Waals surface area contributed by atoms with Gasteiger partial charge in [0.15, 0.2) is 5.96 Å². The first-order valence-electron chi connectivity index (χ1n) is 14.8. The minimum Gasteiger partial charge on any atom is -0.481 e. The number of carbonyl (C=O) groups is 6. The Labute approximate surface area is 262 Å². The highest BCUT2D eigenvalue weighted by molar-refractivity contribution is 5.93. The number of aldehydes is 1. The molecule has 0 aromatic heterocycles. The average Bonchev–Trinajstić information content (AvgIpc) is 3.00. The van der Waals surface area contributed by atoms with Gasteiger partial charge in [-0.15, -0.1) is 0 Å². The van der Waals surface area contributed by atoms with Crippen molar-refractivity contribution in [3.8, 4) is 0 Å². The van der Waals surface area contributed by atoms with E-state index in [4.69, 9.17) is 29.5 Å². The fourth-order valence-electron chi connectivity index (χ4n) is 4.03. The Bertz CT molecular complexity index is 1190. The number of guanidine groups is 1. The molecule has 0 bridgehead atoms. The summed E-state index contributed by atoms with van der Waals surface area (Å²) in [6, 6.07) is 4.14. The Morgan fingerprint density at radius 2 is 1.56 bits per heavy atom. The molecule has 1 aromatic rings. The second-order valence-electron chi connectivity index (χ2n) is 9.94. The molecular weight excluding hydrogens is 590 g/mol. The third-order valence-electron chi connectivity index (χ3n) is 6.28. The zero-order valence-electron chi connectivity index (χ0n) is 25.9. The van der Waals surface area contributed by atoms with Crippen molar-refractivity contribution < 1.29 is 35.2 Å². The molecule has 4 amide bonds. The van der Waals surface area contributed by atoms with Crippen LogP contribution in [0.2, 0.25) is 0 Å². The van der Waals surface area contributed by atoms with Gasteiger partial charge in [0.25, 0.3) is 5.91 Å². The summed E-state index contributed by atoms with van der Waals surface area (Å²) in [5.41, 5.74) is 24.3. The van der Waals surface area contributed by atoms with E-state index in [0.717, 1.165) is 5.56 Å². The van der Waals surface area contributed by atoms with Crippen molar-refractivity contribution in [2.75, 3.05) is 19.6 Å². The fourth-order valence-corrected chi connectivity index (χ4v) is 4.03. The molecular formula is C27H45N11O7. The van der Waals surface area contributed by atoms with E-state index in [0.29, 0.717) is 25.8 Å². The molecule has 1 rings (SSSR count). The fraction of sp³-hybridized carbons (Fsp3) is 0.519. The lowest BCUT2D eigenvalue weighted by atomic mass is 10.0. The Kier molecular flexibility index (Phi) is 17.8. The van der Waals surface area contributed by atoms with Gasteiger partial charge in [-0.25, -0.2) is 16.7 Å². The highest BCUT2D eigenvalue weighted by atomic mass is 16.4. The van der Waals surface area contributed by atoms with Gasteiger partial charge in [0.1, 0.15) is 25.8 Å². The van der Waals surface area contributed by atoms with Crippen LogP contribution in [0.4, 0.5) is 0 Å². The van der Waals surface area contributed by atoms with Crippen LogP contribution in [0, 0.1) is 0 Å². The van der Waals surface area contributed by atoms with Crippen LogP contribution in [-0.2, 0) is 35.2 Å². The van der Waals surface area contributed by atoms with Crippen molar-refractivity contribution in [3.63, 3.8) is 0 Å². The largest absolute Gasteiger partial charge is 0.481 e. The number of amides is 4. The standard InChI is InChI=1S/C27H45N11O7/c28-11-5-4-9-19(26(45)37-31)35-25(44)21(13-17-7-2-1-3-8-17)36-24(43)20(10-6-12-32-27(29)30)38-33-15-22(40)34-18(16-39)14-23(41)42/h1-3,7-8,16,18-21,33,38H,4-6,9-15,28,31H2,(H,34,40)(H,35,44)(H,36,43)(H,37,45)(H,41,42)(H4,29,30,32)/t18-,19-,20?,21-/m0/s1/i16D. The van der Waals surface area contributed by atoms with Crippen molar-refractivity contribution in [3.05, 3.63) is 35.9 Å². The summed E-state index contributed by atoms with van der Waals surface area (Å²) in [6.07, 6.45) is -0.136. The third kappa shape index (κ3) is 16.7. The van der Waals surface area contributed by atoms with E-state index >= 15 is 0 Å². The molecule has 0 aliphatic heterocycles. The number of nitrogens with one attached hydrogen (secondary N) is 6. The van der Waals surface area contributed by atoms with Crippen LogP contribution in [0.5, 0.6) is 0 Å². The van der Waals surface area contributed by atoms with Gasteiger partial charge >= 0.3 is 5.97 Å². The minimum atomic E-state index is -1.55. The zero-order valence-corrected chi connectivity index (χ0v) is 24.9. The molecule has 0 spiro atoms. The summed E-state index contributed by atoms with van der Waals surface area (Å²) in [4.78, 5) is 77.8. The van der Waals surface area contributed by atoms with Crippen LogP contribution in [-0.4, -0.2) is 90.7 Å². The number of hydrogen-bond acceptors (Lipinski definition) is 11. The van der Waals surface area contributed by atoms with Crippen molar-refractivity contribution in [2.24, 2.45) is 28.0 Å². The molecule has 0 aliphatic carbocycles. The highest BCUT2D eigenvalue weighted by Crippen LogP contribution is 2.08. The Morgan fingerprint density at radius 3 is 2.16 bits per heavy atom. The van der Waals surface area contributed by atoms with Crippen LogP contribution in [0.1, 0.15) is 45.5 Å². The van der Waals surface area contributed by atoms with Crippen LogP contribution in [0.15, 0.2) is 35.3 Å². The summed E-state index contributed by atoms with van der Waals surface area (Å²) in [7, 11) is 0. The first-order valence-corrected chi connectivity index (χ1v) is 14.3. The van der Waals surface area contributed by atoms with Gasteiger partial charge in [-0.1, -0.05) is 30.3 Å². The summed E-state index contributed by atoms with van der Waals surface area (Å²) in [5, 5.41) is 16.4. The van der Waals surface area contributed by atoms with Crippen LogP contribution < -0.4 is 55.3 Å². The van der Waals surface area contributed by atoms with E-state index in [1.807, 2.05) is 5.43 Å². The SMILES string of the molecule is [2H]C(=O)[C@H](CC(=O)O)NC(=O)CNNC(CCCN=C(N)N)C(=O)N[C@@H](Cc1ccccc1)C(=O)N[C@@H](CCCCN)C(=O)NN. The predicted molar refractivity (Wildman–Crippen MR) is 164 cm³/mol. The maximum Gasteiger partial charge on any atom is 0.305 e. The topological polar surface area (TPSA) is 311 Å². The summed E-state index contributed by atoms with van der Waals surface area (Å²) in [5.74, 6) is 1.05. The van der Waals surface area contributed by atoms with E-state index in [2.05, 4.69) is 31.8 Å². The number of aliphatic imine (C=N–C) groups is 1. The summed E-state index contributed by atoms with van der Waals surface area (Å²) in [6.45, 7) is 0.0627. The molecule has 18 nitrogen and oxygen atoms in total. The van der Waals surface area contributed by atoms with Crippen molar-refractivity contribution in [2.45, 2.75) is 69.1 Å². The van der Waals surface area contributed by atoms with E-state index in [1.54, 1.807) is 30.3 Å². The molecule has 0 fully saturated rings. The molecule has 0 radical (unpaired) electrons. The molecule has 0 heterocycles. The average molecular weight is 637 g/mol. The smallest absolute Gasteiger partial charge is 0.305 e. The predicted octanol–water partition coefficient (Wildman–Crippen LogP) is -4.01. The van der Waals surface area contributed by atoms with Crippen molar-refractivity contribution >= 4 is 41.8 Å². The molecule has 18 heteroatoms. The van der Waals surface area contributed by atoms with Crippen LogP contribution >= 0.6 is 0 Å². The maximum atomic E-state index is 13.5. The van der Waals surface area contributed by atoms with Gasteiger partial charge in [-0.3, -0.25) is 34.4 Å². The number of unbranched alkanes of at least 4 members (excludes halogenated alkanes) is 1. The van der Waals surface area contributed by atoms with Gasteiger partial charge < -0.3 is 43.1 Å². The number of rotatable bonds is 23. The number of carboxylic acid groups (broad SMARTS) is 1. The molecule has 4 atom stereocenters. The second-order valence-corrected chi connectivity index (χ2v) is 9.94. The molecule has 0 aliphatic rings. The molecule has 0 saturated carbocycles. The molecule has 1 aromatic carbocycles. The number of hydrogen-bond donors (Lipinski definition) is 11. The lowest BCUT2D eigenvalue weighted by Gasteiger charge is -2.25. The Hall–Kier alpha value is -4.65. The third-order valence-corrected chi connectivity index (χ3v) is 6.28. The van der Waals surface area contributed by atoms with Gasteiger partial charge in [0, 0.05) is 13.0 Å². The van der Waals surface area contributed by atoms with E-state index < -0.39 is 73.0 Å². The van der Waals surface area contributed by atoms with Gasteiger partial charge in [0.2, 0.25) is 17.7 Å². The number of aliphatic carboxylic acids is 1. The molecule has 1 unspecified atom stereocenters. The number of nitrogens with two attached hydrogens (primary N) is 4. The minimum absolute atomic E-state index is 0.0703. The number of carboxylic acids is 1. The number of benzene rings is 1. The first-order chi connectivity index (χ1) is 21.9. The van der Waals surface area contributed by atoms with Gasteiger partial charge in [0.05, 0.1) is 19.0 Å². The van der Waals surface area contributed by atoms with Crippen molar-refractivity contribution in [1.29, 1.82) is 0 Å². The summed E-state index contributed by atoms with van der Waals surface area (Å²) < 4.78 is 7.15. The number of hydrazine groups is 2. The monoisotopic (exact) mass is 636 g/mol. The molecule has 250 valence electrons. The Balaban J connectivity index is 3.09. The molecule has 45 heavy (non-hydrogen) atoms. The normalized spacial score (nSPS) is 13.6. The summed E-state index contributed by atoms with van der Waals surface area (Å²) >= 11 is 0. The van der Waals surface area contributed by atoms with Gasteiger partial charge in [-0.05, 0) is 44.2 Å². The van der Waals surface area contributed by atoms with E-state index in [9.17, 15) is 28.8 Å². The van der Waals surface area contributed by atoms with Gasteiger partial charge in [-0.2, -0.15) is 0 Å². The maximum absolute atomic E-state index is 13.5. The lowest BCUT2D eigenvalue weighted by Crippen LogP contribution is -2.59. The number of carbonyl (C=O) groups excluding carboxylic acids is 5. The first kappa shape index (κ1) is 36.5. The van der Waals surface area contributed by atoms with Crippen molar-refractivity contribution in [1.82, 2.24) is 32.2 Å². The van der Waals surface area contributed by atoms with E-state index in [-0.39, 0.29) is 31.8 Å². The quantitative estimate of drug-likeness (QED) is 0.0104. The zero-order chi connectivity index (χ0) is 34.5. The molecule has 0 saturated heterocycles. The lowest BCUT2D eigenvalue weighted by molar-refractivity contribution is -0.138. The number of nitrogens with zero attached hydrogens (tertiary/aromatic N) is 1.